The second-order valence-electron chi connectivity index (χ2n) is 6.75. The van der Waals surface area contributed by atoms with E-state index in [1.807, 2.05) is 0 Å². The number of hydrogen-bond acceptors (Lipinski definition) is 1. The van der Waals surface area contributed by atoms with Gasteiger partial charge in [-0.05, 0) is 55.0 Å². The first kappa shape index (κ1) is 13.1. The lowest BCUT2D eigenvalue weighted by Gasteiger charge is -2.44. The highest BCUT2D eigenvalue weighted by Gasteiger charge is 2.37. The Kier molecular flexibility index (Phi) is 3.31. The first-order valence-corrected chi connectivity index (χ1v) is 8.15. The summed E-state index contributed by atoms with van der Waals surface area (Å²) in [7, 11) is 2.27. The van der Waals surface area contributed by atoms with Crippen molar-refractivity contribution in [2.24, 2.45) is 5.92 Å². The van der Waals surface area contributed by atoms with Crippen LogP contribution in [-0.4, -0.2) is 25.0 Å². The first-order chi connectivity index (χ1) is 10.3. The predicted molar refractivity (Wildman–Crippen MR) is 87.7 cm³/mol. The molecule has 0 radical (unpaired) electrons. The van der Waals surface area contributed by atoms with E-state index < -0.39 is 0 Å². The molecule has 2 aromatic rings. The van der Waals surface area contributed by atoms with Crippen LogP contribution in [0.2, 0.25) is 0 Å². The van der Waals surface area contributed by atoms with E-state index in [2.05, 4.69) is 66.5 Å². The number of benzene rings is 2. The zero-order valence-electron chi connectivity index (χ0n) is 12.7. The number of rotatable bonds is 1. The van der Waals surface area contributed by atoms with E-state index in [1.165, 1.54) is 31.5 Å². The lowest BCUT2D eigenvalue weighted by atomic mass is 9.66. The zero-order chi connectivity index (χ0) is 14.2. The average Bonchev–Trinajstić information content (AvgIpc) is 2.55. The molecule has 1 saturated heterocycles. The standard InChI is InChI=1S/C20H23N/c1-21-12-11-16-13-19(15-7-3-2-4-8-15)17-9-5-6-10-18(17)20(16)14-21/h2-10,16,19-20H,11-14H2,1H3/t16-,19-,20+/m0/s1. The molecule has 4 rings (SSSR count). The number of likely N-dealkylation sites (N-methyl/N-ethyl adjacent to an activating group) is 1. The van der Waals surface area contributed by atoms with Crippen LogP contribution in [0.4, 0.5) is 0 Å². The van der Waals surface area contributed by atoms with Crippen molar-refractivity contribution in [1.29, 1.82) is 0 Å². The Labute approximate surface area is 127 Å². The van der Waals surface area contributed by atoms with Crippen molar-refractivity contribution >= 4 is 0 Å². The van der Waals surface area contributed by atoms with Gasteiger partial charge >= 0.3 is 0 Å². The van der Waals surface area contributed by atoms with Gasteiger partial charge in [0, 0.05) is 12.5 Å². The summed E-state index contributed by atoms with van der Waals surface area (Å²) in [6.45, 7) is 2.48. The molecule has 1 aliphatic carbocycles. The Morgan fingerprint density at radius 3 is 2.43 bits per heavy atom. The molecule has 108 valence electrons. The molecule has 1 heteroatoms. The minimum absolute atomic E-state index is 0.590. The van der Waals surface area contributed by atoms with Crippen molar-refractivity contribution in [2.45, 2.75) is 24.7 Å². The summed E-state index contributed by atoms with van der Waals surface area (Å²) in [6, 6.07) is 20.3. The molecule has 21 heavy (non-hydrogen) atoms. The summed E-state index contributed by atoms with van der Waals surface area (Å²) < 4.78 is 0. The van der Waals surface area contributed by atoms with Gasteiger partial charge in [-0.2, -0.15) is 0 Å². The average molecular weight is 277 g/mol. The van der Waals surface area contributed by atoms with Gasteiger partial charge in [-0.25, -0.2) is 0 Å². The van der Waals surface area contributed by atoms with Gasteiger partial charge in [-0.15, -0.1) is 0 Å². The Bertz CT molecular complexity index is 619. The zero-order valence-corrected chi connectivity index (χ0v) is 12.7. The van der Waals surface area contributed by atoms with Crippen LogP contribution in [0, 0.1) is 5.92 Å². The van der Waals surface area contributed by atoms with Crippen molar-refractivity contribution in [1.82, 2.24) is 4.90 Å². The fourth-order valence-electron chi connectivity index (χ4n) is 4.39. The molecule has 1 nitrogen and oxygen atoms in total. The van der Waals surface area contributed by atoms with Gasteiger partial charge in [0.15, 0.2) is 0 Å². The van der Waals surface area contributed by atoms with E-state index in [4.69, 9.17) is 0 Å². The summed E-state index contributed by atoms with van der Waals surface area (Å²) in [4.78, 5) is 2.50. The van der Waals surface area contributed by atoms with Crippen LogP contribution in [0.15, 0.2) is 54.6 Å². The molecule has 1 aliphatic heterocycles. The van der Waals surface area contributed by atoms with Gasteiger partial charge in [0.25, 0.3) is 0 Å². The van der Waals surface area contributed by atoms with Crippen molar-refractivity contribution in [3.8, 4) is 0 Å². The van der Waals surface area contributed by atoms with E-state index in [9.17, 15) is 0 Å². The molecule has 2 aliphatic rings. The third-order valence-corrected chi connectivity index (χ3v) is 5.47. The van der Waals surface area contributed by atoms with Gasteiger partial charge in [-0.1, -0.05) is 54.6 Å². The van der Waals surface area contributed by atoms with Crippen LogP contribution >= 0.6 is 0 Å². The number of fused-ring (bicyclic) bond motifs is 3. The van der Waals surface area contributed by atoms with Gasteiger partial charge in [0.2, 0.25) is 0 Å². The van der Waals surface area contributed by atoms with E-state index in [-0.39, 0.29) is 0 Å². The molecular formula is C20H23N. The van der Waals surface area contributed by atoms with Gasteiger partial charge in [0.1, 0.15) is 0 Å². The molecule has 0 saturated carbocycles. The van der Waals surface area contributed by atoms with Crippen LogP contribution in [0.5, 0.6) is 0 Å². The smallest absolute Gasteiger partial charge is 0.00950 e. The monoisotopic (exact) mass is 277 g/mol. The van der Waals surface area contributed by atoms with Gasteiger partial charge in [-0.3, -0.25) is 0 Å². The summed E-state index contributed by atoms with van der Waals surface area (Å²) in [5, 5.41) is 0. The summed E-state index contributed by atoms with van der Waals surface area (Å²) in [5.41, 5.74) is 4.66. The Morgan fingerprint density at radius 2 is 1.62 bits per heavy atom. The number of nitrogens with zero attached hydrogens (tertiary/aromatic N) is 1. The number of likely N-dealkylation sites (tertiary alicyclic amines) is 1. The third-order valence-electron chi connectivity index (χ3n) is 5.47. The maximum absolute atomic E-state index is 2.50. The second kappa shape index (κ2) is 5.31. The highest BCUT2D eigenvalue weighted by atomic mass is 15.1. The predicted octanol–water partition coefficient (Wildman–Crippen LogP) is 4.26. The lowest BCUT2D eigenvalue weighted by molar-refractivity contribution is 0.169. The second-order valence-corrected chi connectivity index (χ2v) is 6.75. The van der Waals surface area contributed by atoms with Crippen LogP contribution in [0.3, 0.4) is 0 Å². The first-order valence-electron chi connectivity index (χ1n) is 8.15. The molecule has 1 fully saturated rings. The van der Waals surface area contributed by atoms with Crippen molar-refractivity contribution < 1.29 is 0 Å². The minimum atomic E-state index is 0.590. The van der Waals surface area contributed by atoms with Crippen molar-refractivity contribution in [2.75, 3.05) is 20.1 Å². The number of hydrogen-bond donors (Lipinski definition) is 0. The Hall–Kier alpha value is -1.60. The fourth-order valence-corrected chi connectivity index (χ4v) is 4.39. The van der Waals surface area contributed by atoms with Gasteiger partial charge < -0.3 is 4.90 Å². The molecule has 1 heterocycles. The topological polar surface area (TPSA) is 3.24 Å². The van der Waals surface area contributed by atoms with Crippen LogP contribution in [0.1, 0.15) is 41.4 Å². The van der Waals surface area contributed by atoms with Crippen molar-refractivity contribution in [3.63, 3.8) is 0 Å². The van der Waals surface area contributed by atoms with E-state index >= 15 is 0 Å². The maximum atomic E-state index is 2.50. The largest absolute Gasteiger partial charge is 0.306 e. The minimum Gasteiger partial charge on any atom is -0.306 e. The number of piperidine rings is 1. The van der Waals surface area contributed by atoms with E-state index in [0.29, 0.717) is 5.92 Å². The van der Waals surface area contributed by atoms with Crippen molar-refractivity contribution in [3.05, 3.63) is 71.3 Å². The molecule has 3 atom stereocenters. The highest BCUT2D eigenvalue weighted by Crippen LogP contribution is 2.48. The normalized spacial score (nSPS) is 28.7. The lowest BCUT2D eigenvalue weighted by Crippen LogP contribution is -2.40. The Balaban J connectivity index is 1.79. The molecule has 0 bridgehead atoms. The Morgan fingerprint density at radius 1 is 0.905 bits per heavy atom. The fraction of sp³-hybridized carbons (Fsp3) is 0.400. The SMILES string of the molecule is CN1CC[C@H]2C[C@@H](c3ccccc3)c3ccccc3[C@@H]2C1. The molecule has 0 unspecified atom stereocenters. The molecule has 2 aromatic carbocycles. The quantitative estimate of drug-likeness (QED) is 0.753. The molecular weight excluding hydrogens is 254 g/mol. The van der Waals surface area contributed by atoms with Crippen LogP contribution in [-0.2, 0) is 0 Å². The third kappa shape index (κ3) is 2.30. The van der Waals surface area contributed by atoms with Crippen LogP contribution in [0.25, 0.3) is 0 Å². The molecule has 0 N–H and O–H groups in total. The maximum Gasteiger partial charge on any atom is 0.00950 e. The summed E-state index contributed by atoms with van der Waals surface area (Å²) >= 11 is 0. The van der Waals surface area contributed by atoms with E-state index in [1.54, 1.807) is 11.1 Å². The summed E-state index contributed by atoms with van der Waals surface area (Å²) in [6.07, 6.45) is 2.67. The van der Waals surface area contributed by atoms with E-state index in [0.717, 1.165) is 11.8 Å². The molecule has 0 amide bonds. The molecule has 0 spiro atoms. The van der Waals surface area contributed by atoms with Gasteiger partial charge in [0.05, 0.1) is 0 Å². The highest BCUT2D eigenvalue weighted by molar-refractivity contribution is 5.43. The summed E-state index contributed by atoms with van der Waals surface area (Å²) in [5.74, 6) is 2.17. The van der Waals surface area contributed by atoms with Crippen LogP contribution < -0.4 is 0 Å². The molecule has 0 aromatic heterocycles.